The summed E-state index contributed by atoms with van der Waals surface area (Å²) in [6.07, 6.45) is 3.40. The molecule has 100 valence electrons. The normalized spacial score (nSPS) is 10.2. The van der Waals surface area contributed by atoms with Gasteiger partial charge in [0.15, 0.2) is 0 Å². The molecule has 0 saturated carbocycles. The summed E-state index contributed by atoms with van der Waals surface area (Å²) >= 11 is 0. The van der Waals surface area contributed by atoms with Crippen LogP contribution in [0.5, 0.6) is 5.75 Å². The molecule has 2 rings (SSSR count). The zero-order chi connectivity index (χ0) is 13.7. The molecule has 0 fully saturated rings. The van der Waals surface area contributed by atoms with Gasteiger partial charge in [0.2, 0.25) is 5.91 Å². The van der Waals surface area contributed by atoms with Crippen LogP contribution in [0.2, 0.25) is 0 Å². The molecule has 0 atom stereocenters. The summed E-state index contributed by atoms with van der Waals surface area (Å²) in [5, 5.41) is 7.25. The van der Waals surface area contributed by atoms with E-state index in [4.69, 9.17) is 10.5 Å². The number of carbonyl (C=O) groups is 1. The van der Waals surface area contributed by atoms with E-state index in [0.29, 0.717) is 6.54 Å². The van der Waals surface area contributed by atoms with Gasteiger partial charge in [0.1, 0.15) is 12.3 Å². The van der Waals surface area contributed by atoms with Crippen LogP contribution in [0.15, 0.2) is 36.7 Å². The van der Waals surface area contributed by atoms with Crippen molar-refractivity contribution >= 4 is 11.6 Å². The fourth-order valence-electron chi connectivity index (χ4n) is 1.69. The second-order valence-corrected chi connectivity index (χ2v) is 4.10. The van der Waals surface area contributed by atoms with E-state index < -0.39 is 5.91 Å². The summed E-state index contributed by atoms with van der Waals surface area (Å²) in [5.74, 6) is 0.408. The van der Waals surface area contributed by atoms with E-state index in [0.717, 1.165) is 17.0 Å². The van der Waals surface area contributed by atoms with Crippen LogP contribution in [0.25, 0.3) is 0 Å². The first-order valence-corrected chi connectivity index (χ1v) is 5.85. The lowest BCUT2D eigenvalue weighted by Crippen LogP contribution is -2.18. The number of hydrogen-bond donors (Lipinski definition) is 2. The van der Waals surface area contributed by atoms with Crippen molar-refractivity contribution in [1.82, 2.24) is 9.78 Å². The number of primary amides is 1. The number of nitrogens with two attached hydrogens (primary N) is 1. The monoisotopic (exact) mass is 260 g/mol. The predicted molar refractivity (Wildman–Crippen MR) is 71.7 cm³/mol. The van der Waals surface area contributed by atoms with Crippen molar-refractivity contribution in [3.05, 3.63) is 42.2 Å². The van der Waals surface area contributed by atoms with Gasteiger partial charge in [0.25, 0.3) is 0 Å². The topological polar surface area (TPSA) is 82.2 Å². The molecule has 1 aromatic carbocycles. The highest BCUT2D eigenvalue weighted by Gasteiger charge is 2.01. The number of carbonyl (C=O) groups excluding carboxylic acids is 1. The average molecular weight is 260 g/mol. The molecule has 1 amide bonds. The Morgan fingerprint density at radius 2 is 2.37 bits per heavy atom. The molecule has 2 aromatic rings. The first-order chi connectivity index (χ1) is 9.17. The summed E-state index contributed by atoms with van der Waals surface area (Å²) in [7, 11) is 1.64. The van der Waals surface area contributed by atoms with Gasteiger partial charge >= 0.3 is 0 Å². The van der Waals surface area contributed by atoms with Gasteiger partial charge < -0.3 is 15.8 Å². The molecule has 0 saturated heterocycles. The number of anilines is 1. The van der Waals surface area contributed by atoms with Crippen LogP contribution >= 0.6 is 0 Å². The van der Waals surface area contributed by atoms with Gasteiger partial charge in [0, 0.05) is 12.7 Å². The molecular formula is C13H16N4O2. The van der Waals surface area contributed by atoms with Crippen LogP contribution in [-0.2, 0) is 17.9 Å². The zero-order valence-electron chi connectivity index (χ0n) is 10.7. The number of aromatic nitrogens is 2. The van der Waals surface area contributed by atoms with E-state index in [-0.39, 0.29) is 6.54 Å². The molecule has 6 nitrogen and oxygen atoms in total. The van der Waals surface area contributed by atoms with Crippen molar-refractivity contribution in [3.63, 3.8) is 0 Å². The Bertz CT molecular complexity index is 565. The summed E-state index contributed by atoms with van der Waals surface area (Å²) in [4.78, 5) is 10.8. The van der Waals surface area contributed by atoms with Gasteiger partial charge in [-0.1, -0.05) is 12.1 Å². The number of ether oxygens (including phenoxy) is 1. The number of hydrogen-bond acceptors (Lipinski definition) is 4. The molecule has 0 aliphatic carbocycles. The smallest absolute Gasteiger partial charge is 0.239 e. The van der Waals surface area contributed by atoms with Crippen LogP contribution in [-0.4, -0.2) is 22.8 Å². The highest BCUT2D eigenvalue weighted by molar-refractivity contribution is 5.73. The minimum atomic E-state index is -0.414. The van der Waals surface area contributed by atoms with Crippen LogP contribution < -0.4 is 15.8 Å². The van der Waals surface area contributed by atoms with Gasteiger partial charge in [-0.15, -0.1) is 0 Å². The van der Waals surface area contributed by atoms with Gasteiger partial charge in [-0.05, 0) is 17.7 Å². The first-order valence-electron chi connectivity index (χ1n) is 5.85. The van der Waals surface area contributed by atoms with Crippen LogP contribution in [0.3, 0.4) is 0 Å². The highest BCUT2D eigenvalue weighted by atomic mass is 16.5. The third kappa shape index (κ3) is 3.74. The molecule has 0 unspecified atom stereocenters. The van der Waals surface area contributed by atoms with Crippen molar-refractivity contribution in [2.45, 2.75) is 13.1 Å². The van der Waals surface area contributed by atoms with Crippen LogP contribution in [0.1, 0.15) is 5.56 Å². The number of methoxy groups -OCH3 is 1. The summed E-state index contributed by atoms with van der Waals surface area (Å²) in [5.41, 5.74) is 7.03. The molecule has 3 N–H and O–H groups in total. The van der Waals surface area contributed by atoms with Crippen molar-refractivity contribution in [3.8, 4) is 5.75 Å². The summed E-state index contributed by atoms with van der Waals surface area (Å²) in [6, 6.07) is 7.80. The van der Waals surface area contributed by atoms with E-state index in [1.54, 1.807) is 19.5 Å². The van der Waals surface area contributed by atoms with Crippen molar-refractivity contribution < 1.29 is 9.53 Å². The number of nitrogens with one attached hydrogen (secondary N) is 1. The summed E-state index contributed by atoms with van der Waals surface area (Å²) < 4.78 is 6.66. The average Bonchev–Trinajstić information content (AvgIpc) is 2.83. The van der Waals surface area contributed by atoms with Crippen molar-refractivity contribution in [2.24, 2.45) is 5.73 Å². The quantitative estimate of drug-likeness (QED) is 0.811. The maximum absolute atomic E-state index is 10.8. The molecule has 0 radical (unpaired) electrons. The Hall–Kier alpha value is -2.50. The van der Waals surface area contributed by atoms with E-state index in [1.165, 1.54) is 4.68 Å². The van der Waals surface area contributed by atoms with E-state index in [1.807, 2.05) is 24.3 Å². The Morgan fingerprint density at radius 3 is 3.11 bits per heavy atom. The number of amides is 1. The Morgan fingerprint density at radius 1 is 1.53 bits per heavy atom. The van der Waals surface area contributed by atoms with Gasteiger partial charge in [-0.3, -0.25) is 9.48 Å². The largest absolute Gasteiger partial charge is 0.497 e. The maximum atomic E-state index is 10.8. The van der Waals surface area contributed by atoms with Gasteiger partial charge in [-0.2, -0.15) is 5.10 Å². The SMILES string of the molecule is COc1cccc(CNc2cnn(CC(N)=O)c2)c1. The molecule has 0 bridgehead atoms. The van der Waals surface area contributed by atoms with Crippen LogP contribution in [0.4, 0.5) is 5.69 Å². The Kier molecular flexibility index (Phi) is 4.02. The van der Waals surface area contributed by atoms with Gasteiger partial charge in [0.05, 0.1) is 19.0 Å². The number of rotatable bonds is 6. The van der Waals surface area contributed by atoms with Crippen LogP contribution in [0, 0.1) is 0 Å². The molecule has 1 heterocycles. The highest BCUT2D eigenvalue weighted by Crippen LogP contribution is 2.14. The lowest BCUT2D eigenvalue weighted by Gasteiger charge is -2.05. The second-order valence-electron chi connectivity index (χ2n) is 4.10. The summed E-state index contributed by atoms with van der Waals surface area (Å²) in [6.45, 7) is 0.736. The third-order valence-corrected chi connectivity index (χ3v) is 2.58. The zero-order valence-corrected chi connectivity index (χ0v) is 10.7. The molecule has 0 aliphatic heterocycles. The third-order valence-electron chi connectivity index (χ3n) is 2.58. The minimum Gasteiger partial charge on any atom is -0.497 e. The first kappa shape index (κ1) is 12.9. The maximum Gasteiger partial charge on any atom is 0.239 e. The molecule has 0 spiro atoms. The second kappa shape index (κ2) is 5.90. The molecular weight excluding hydrogens is 244 g/mol. The fourth-order valence-corrected chi connectivity index (χ4v) is 1.69. The van der Waals surface area contributed by atoms with E-state index >= 15 is 0 Å². The molecule has 0 aliphatic rings. The molecule has 19 heavy (non-hydrogen) atoms. The fraction of sp³-hybridized carbons (Fsp3) is 0.231. The lowest BCUT2D eigenvalue weighted by molar-refractivity contribution is -0.118. The molecule has 1 aromatic heterocycles. The molecule has 6 heteroatoms. The number of nitrogens with zero attached hydrogens (tertiary/aromatic N) is 2. The van der Waals surface area contributed by atoms with Gasteiger partial charge in [-0.25, -0.2) is 0 Å². The lowest BCUT2D eigenvalue weighted by atomic mass is 10.2. The van der Waals surface area contributed by atoms with Crippen molar-refractivity contribution in [2.75, 3.05) is 12.4 Å². The van der Waals surface area contributed by atoms with E-state index in [9.17, 15) is 4.79 Å². The Balaban J connectivity index is 1.94. The standard InChI is InChI=1S/C13H16N4O2/c1-19-12-4-2-3-10(5-12)6-15-11-7-16-17(8-11)9-13(14)18/h2-5,7-8,15H,6,9H2,1H3,(H2,14,18). The van der Waals surface area contributed by atoms with E-state index in [2.05, 4.69) is 10.4 Å². The number of benzene rings is 1. The Labute approximate surface area is 111 Å². The van der Waals surface area contributed by atoms with Crippen molar-refractivity contribution in [1.29, 1.82) is 0 Å². The minimum absolute atomic E-state index is 0.0842. The predicted octanol–water partition coefficient (Wildman–Crippen LogP) is 0.989.